The van der Waals surface area contributed by atoms with E-state index in [0.717, 1.165) is 24.0 Å². The smallest absolute Gasteiger partial charge is 0.275 e. The average molecular weight is 204 g/mol. The standard InChI is InChI=1S/C10H12N4O/c15-10-9-8(13-5-14-10)6(4-12-9)7-2-1-3-11-7/h4-5,7,11-12H,1-3H2,(H,13,14,15)/t7-/m1/s1. The molecule has 0 aromatic carbocycles. The summed E-state index contributed by atoms with van der Waals surface area (Å²) in [7, 11) is 0. The molecule has 1 aliphatic heterocycles. The summed E-state index contributed by atoms with van der Waals surface area (Å²) in [5.74, 6) is 0. The number of aromatic amines is 2. The largest absolute Gasteiger partial charge is 0.355 e. The van der Waals surface area contributed by atoms with Crippen LogP contribution in [0.25, 0.3) is 11.0 Å². The van der Waals surface area contributed by atoms with Crippen LogP contribution in [0.3, 0.4) is 0 Å². The van der Waals surface area contributed by atoms with Crippen LogP contribution in [-0.2, 0) is 0 Å². The Balaban J connectivity index is 2.19. The van der Waals surface area contributed by atoms with E-state index in [1.165, 1.54) is 12.7 Å². The van der Waals surface area contributed by atoms with Crippen LogP contribution in [0, 0.1) is 0 Å². The number of rotatable bonds is 1. The number of hydrogen-bond donors (Lipinski definition) is 3. The van der Waals surface area contributed by atoms with E-state index in [4.69, 9.17) is 0 Å². The second kappa shape index (κ2) is 3.20. The molecular weight excluding hydrogens is 192 g/mol. The average Bonchev–Trinajstić information content (AvgIpc) is 2.85. The zero-order valence-corrected chi connectivity index (χ0v) is 8.21. The van der Waals surface area contributed by atoms with Gasteiger partial charge in [-0.15, -0.1) is 0 Å². The van der Waals surface area contributed by atoms with Crippen molar-refractivity contribution in [1.82, 2.24) is 20.3 Å². The molecule has 3 heterocycles. The quantitative estimate of drug-likeness (QED) is 0.639. The van der Waals surface area contributed by atoms with Crippen LogP contribution >= 0.6 is 0 Å². The second-order valence-electron chi connectivity index (χ2n) is 3.85. The van der Waals surface area contributed by atoms with Gasteiger partial charge in [0.05, 0.1) is 6.33 Å². The van der Waals surface area contributed by atoms with Gasteiger partial charge in [-0.25, -0.2) is 4.98 Å². The van der Waals surface area contributed by atoms with Gasteiger partial charge in [-0.05, 0) is 19.4 Å². The van der Waals surface area contributed by atoms with Gasteiger partial charge in [0.15, 0.2) is 0 Å². The molecule has 0 amide bonds. The molecule has 3 rings (SSSR count). The Labute approximate surface area is 85.9 Å². The summed E-state index contributed by atoms with van der Waals surface area (Å²) in [5.41, 5.74) is 2.36. The highest BCUT2D eigenvalue weighted by atomic mass is 16.1. The predicted octanol–water partition coefficient (Wildman–Crippen LogP) is 0.676. The fourth-order valence-electron chi connectivity index (χ4n) is 2.19. The first kappa shape index (κ1) is 8.67. The van der Waals surface area contributed by atoms with E-state index in [1.807, 2.05) is 6.20 Å². The first-order valence-corrected chi connectivity index (χ1v) is 5.14. The lowest BCUT2D eigenvalue weighted by Crippen LogP contribution is -2.13. The van der Waals surface area contributed by atoms with E-state index in [9.17, 15) is 4.79 Å². The molecule has 3 N–H and O–H groups in total. The van der Waals surface area contributed by atoms with Crippen molar-refractivity contribution in [2.45, 2.75) is 18.9 Å². The van der Waals surface area contributed by atoms with Gasteiger partial charge in [-0.3, -0.25) is 4.79 Å². The highest BCUT2D eigenvalue weighted by Crippen LogP contribution is 2.26. The van der Waals surface area contributed by atoms with Crippen molar-refractivity contribution in [3.05, 3.63) is 28.4 Å². The van der Waals surface area contributed by atoms with Crippen LogP contribution in [0.1, 0.15) is 24.4 Å². The highest BCUT2D eigenvalue weighted by molar-refractivity contribution is 5.78. The Morgan fingerprint density at radius 2 is 2.33 bits per heavy atom. The number of fused-ring (bicyclic) bond motifs is 1. The zero-order chi connectivity index (χ0) is 10.3. The normalized spacial score (nSPS) is 21.2. The summed E-state index contributed by atoms with van der Waals surface area (Å²) >= 11 is 0. The lowest BCUT2D eigenvalue weighted by molar-refractivity contribution is 0.651. The summed E-state index contributed by atoms with van der Waals surface area (Å²) in [4.78, 5) is 21.2. The third-order valence-electron chi connectivity index (χ3n) is 2.93. The maximum atomic E-state index is 11.5. The lowest BCUT2D eigenvalue weighted by atomic mass is 10.1. The van der Waals surface area contributed by atoms with Gasteiger partial charge < -0.3 is 15.3 Å². The van der Waals surface area contributed by atoms with Gasteiger partial charge in [-0.2, -0.15) is 0 Å². The van der Waals surface area contributed by atoms with Crippen molar-refractivity contribution >= 4 is 11.0 Å². The maximum Gasteiger partial charge on any atom is 0.275 e. The van der Waals surface area contributed by atoms with Crippen molar-refractivity contribution < 1.29 is 0 Å². The number of nitrogens with zero attached hydrogens (tertiary/aromatic N) is 1. The molecule has 15 heavy (non-hydrogen) atoms. The molecule has 2 aromatic heterocycles. The van der Waals surface area contributed by atoms with Gasteiger partial charge in [0, 0.05) is 17.8 Å². The Kier molecular flexibility index (Phi) is 1.85. The summed E-state index contributed by atoms with van der Waals surface area (Å²) in [6.07, 6.45) is 5.63. The molecule has 5 nitrogen and oxygen atoms in total. The predicted molar refractivity (Wildman–Crippen MR) is 56.7 cm³/mol. The lowest BCUT2D eigenvalue weighted by Gasteiger charge is -2.07. The van der Waals surface area contributed by atoms with Gasteiger partial charge in [-0.1, -0.05) is 0 Å². The van der Waals surface area contributed by atoms with Crippen LogP contribution in [0.2, 0.25) is 0 Å². The van der Waals surface area contributed by atoms with Gasteiger partial charge in [0.2, 0.25) is 0 Å². The van der Waals surface area contributed by atoms with Crippen molar-refractivity contribution in [2.75, 3.05) is 6.54 Å². The molecule has 0 aliphatic carbocycles. The minimum Gasteiger partial charge on any atom is -0.355 e. The fourth-order valence-corrected chi connectivity index (χ4v) is 2.19. The Bertz CT molecular complexity index is 536. The van der Waals surface area contributed by atoms with Gasteiger partial charge in [0.25, 0.3) is 5.56 Å². The van der Waals surface area contributed by atoms with E-state index in [2.05, 4.69) is 20.3 Å². The molecule has 0 radical (unpaired) electrons. The van der Waals surface area contributed by atoms with E-state index in [0.29, 0.717) is 11.6 Å². The van der Waals surface area contributed by atoms with Crippen LogP contribution in [0.4, 0.5) is 0 Å². The number of H-pyrrole nitrogens is 2. The third kappa shape index (κ3) is 1.27. The first-order valence-electron chi connectivity index (χ1n) is 5.14. The van der Waals surface area contributed by atoms with E-state index in [-0.39, 0.29) is 5.56 Å². The third-order valence-corrected chi connectivity index (χ3v) is 2.93. The Morgan fingerprint density at radius 3 is 3.13 bits per heavy atom. The topological polar surface area (TPSA) is 73.6 Å². The first-order chi connectivity index (χ1) is 7.36. The minimum atomic E-state index is -0.107. The summed E-state index contributed by atoms with van der Waals surface area (Å²) in [5, 5.41) is 3.40. The molecule has 5 heteroatoms. The van der Waals surface area contributed by atoms with Gasteiger partial charge >= 0.3 is 0 Å². The zero-order valence-electron chi connectivity index (χ0n) is 8.21. The molecule has 78 valence electrons. The van der Waals surface area contributed by atoms with Crippen molar-refractivity contribution in [3.8, 4) is 0 Å². The second-order valence-corrected chi connectivity index (χ2v) is 3.85. The Morgan fingerprint density at radius 1 is 1.40 bits per heavy atom. The SMILES string of the molecule is O=c1[nH]cnc2c([C@H]3CCCN3)c[nH]c12. The van der Waals surface area contributed by atoms with E-state index in [1.54, 1.807) is 0 Å². The number of aromatic nitrogens is 3. The highest BCUT2D eigenvalue weighted by Gasteiger charge is 2.20. The minimum absolute atomic E-state index is 0.107. The molecule has 0 saturated carbocycles. The van der Waals surface area contributed by atoms with E-state index >= 15 is 0 Å². The maximum absolute atomic E-state index is 11.5. The molecule has 0 spiro atoms. The number of nitrogens with one attached hydrogen (secondary N) is 3. The number of hydrogen-bond acceptors (Lipinski definition) is 3. The summed E-state index contributed by atoms with van der Waals surface area (Å²) in [6.45, 7) is 1.04. The molecule has 0 bridgehead atoms. The van der Waals surface area contributed by atoms with Crippen LogP contribution < -0.4 is 10.9 Å². The van der Waals surface area contributed by atoms with Crippen LogP contribution in [0.15, 0.2) is 17.3 Å². The molecular formula is C10H12N4O. The Hall–Kier alpha value is -1.62. The summed E-state index contributed by atoms with van der Waals surface area (Å²) in [6, 6.07) is 0.341. The molecule has 1 atom stereocenters. The monoisotopic (exact) mass is 204 g/mol. The van der Waals surface area contributed by atoms with Gasteiger partial charge in [0.1, 0.15) is 11.0 Å². The van der Waals surface area contributed by atoms with Crippen LogP contribution in [-0.4, -0.2) is 21.5 Å². The van der Waals surface area contributed by atoms with E-state index < -0.39 is 0 Å². The van der Waals surface area contributed by atoms with Crippen molar-refractivity contribution in [1.29, 1.82) is 0 Å². The van der Waals surface area contributed by atoms with Crippen molar-refractivity contribution in [2.24, 2.45) is 0 Å². The molecule has 0 unspecified atom stereocenters. The molecule has 1 fully saturated rings. The fraction of sp³-hybridized carbons (Fsp3) is 0.400. The molecule has 2 aromatic rings. The molecule has 1 saturated heterocycles. The summed E-state index contributed by atoms with van der Waals surface area (Å²) < 4.78 is 0. The van der Waals surface area contributed by atoms with Crippen molar-refractivity contribution in [3.63, 3.8) is 0 Å². The van der Waals surface area contributed by atoms with Crippen LogP contribution in [0.5, 0.6) is 0 Å². The molecule has 1 aliphatic rings.